The molecule has 0 saturated heterocycles. The number of ether oxygens (including phenoxy) is 1. The average molecular weight is 332 g/mol. The van der Waals surface area contributed by atoms with Crippen molar-refractivity contribution < 1.29 is 9.53 Å². The molecule has 1 unspecified atom stereocenters. The first-order chi connectivity index (χ1) is 10.8. The Kier molecular flexibility index (Phi) is 5.09. The van der Waals surface area contributed by atoms with Gasteiger partial charge in [-0.1, -0.05) is 39.0 Å². The van der Waals surface area contributed by atoms with E-state index in [0.29, 0.717) is 4.88 Å². The van der Waals surface area contributed by atoms with Crippen LogP contribution in [0.5, 0.6) is 5.75 Å². The van der Waals surface area contributed by atoms with Crippen molar-refractivity contribution in [1.29, 1.82) is 0 Å². The molecular formula is C18H24N2O2S. The van der Waals surface area contributed by atoms with E-state index in [1.807, 2.05) is 38.2 Å². The third-order valence-corrected chi connectivity index (χ3v) is 5.26. The van der Waals surface area contributed by atoms with Crippen LogP contribution in [0.15, 0.2) is 30.5 Å². The number of carbonyl (C=O) groups is 1. The number of benzene rings is 1. The summed E-state index contributed by atoms with van der Waals surface area (Å²) in [5.41, 5.74) is 0.946. The second-order valence-corrected chi connectivity index (χ2v) is 7.64. The molecule has 4 nitrogen and oxygen atoms in total. The largest absolute Gasteiger partial charge is 0.496 e. The lowest BCUT2D eigenvalue weighted by atomic mass is 9.98. The van der Waals surface area contributed by atoms with E-state index >= 15 is 0 Å². The van der Waals surface area contributed by atoms with Gasteiger partial charge in [-0.15, -0.1) is 11.3 Å². The molecule has 0 N–H and O–H groups in total. The Labute approximate surface area is 142 Å². The Bertz CT molecular complexity index is 688. The fourth-order valence-corrected chi connectivity index (χ4v) is 3.25. The molecule has 0 saturated carbocycles. The number of thiazole rings is 1. The quantitative estimate of drug-likeness (QED) is 0.839. The highest BCUT2D eigenvalue weighted by molar-refractivity contribution is 7.13. The molecule has 23 heavy (non-hydrogen) atoms. The molecule has 124 valence electrons. The third kappa shape index (κ3) is 3.72. The summed E-state index contributed by atoms with van der Waals surface area (Å²) in [7, 11) is 3.46. The van der Waals surface area contributed by atoms with Crippen LogP contribution < -0.4 is 4.74 Å². The smallest absolute Gasteiger partial charge is 0.265 e. The van der Waals surface area contributed by atoms with Gasteiger partial charge in [-0.2, -0.15) is 0 Å². The number of hydrogen-bond donors (Lipinski definition) is 0. The van der Waals surface area contributed by atoms with Crippen molar-refractivity contribution in [1.82, 2.24) is 9.88 Å². The van der Waals surface area contributed by atoms with Gasteiger partial charge in [0.15, 0.2) is 0 Å². The Morgan fingerprint density at radius 3 is 2.52 bits per heavy atom. The maximum absolute atomic E-state index is 12.8. The molecule has 0 aliphatic rings. The number of rotatable bonds is 4. The van der Waals surface area contributed by atoms with Crippen LogP contribution in [0.2, 0.25) is 0 Å². The van der Waals surface area contributed by atoms with Gasteiger partial charge in [-0.05, 0) is 13.0 Å². The zero-order valence-electron chi connectivity index (χ0n) is 14.6. The van der Waals surface area contributed by atoms with Crippen molar-refractivity contribution in [3.8, 4) is 5.75 Å². The number of nitrogens with zero attached hydrogens (tertiary/aromatic N) is 2. The lowest BCUT2D eigenvalue weighted by molar-refractivity contribution is 0.0745. The van der Waals surface area contributed by atoms with E-state index in [9.17, 15) is 4.79 Å². The molecule has 0 aliphatic carbocycles. The monoisotopic (exact) mass is 332 g/mol. The van der Waals surface area contributed by atoms with E-state index in [-0.39, 0.29) is 17.4 Å². The van der Waals surface area contributed by atoms with Crippen LogP contribution in [0, 0.1) is 0 Å². The summed E-state index contributed by atoms with van der Waals surface area (Å²) < 4.78 is 5.40. The molecule has 0 spiro atoms. The summed E-state index contributed by atoms with van der Waals surface area (Å²) in [4.78, 5) is 19.6. The topological polar surface area (TPSA) is 42.4 Å². The molecule has 1 aromatic heterocycles. The third-order valence-electron chi connectivity index (χ3n) is 3.85. The van der Waals surface area contributed by atoms with Crippen molar-refractivity contribution in [2.24, 2.45) is 0 Å². The van der Waals surface area contributed by atoms with Crippen LogP contribution in [0.4, 0.5) is 0 Å². The molecule has 0 radical (unpaired) electrons. The van der Waals surface area contributed by atoms with Crippen LogP contribution in [0.25, 0.3) is 0 Å². The van der Waals surface area contributed by atoms with Crippen molar-refractivity contribution >= 4 is 17.2 Å². The number of amides is 1. The van der Waals surface area contributed by atoms with Crippen LogP contribution in [-0.4, -0.2) is 29.9 Å². The zero-order chi connectivity index (χ0) is 17.2. The standard InChI is InChI=1S/C18H24N2O2S/c1-12(13-9-7-8-10-14(13)22-6)20(5)16(21)15-11-19-17(23-15)18(2,3)4/h7-12H,1-6H3. The van der Waals surface area contributed by atoms with E-state index in [2.05, 4.69) is 25.8 Å². The second kappa shape index (κ2) is 6.71. The summed E-state index contributed by atoms with van der Waals surface area (Å²) >= 11 is 1.47. The SMILES string of the molecule is COc1ccccc1C(C)N(C)C(=O)c1cnc(C(C)(C)C)s1. The van der Waals surface area contributed by atoms with Gasteiger partial charge >= 0.3 is 0 Å². The van der Waals surface area contributed by atoms with Crippen LogP contribution in [0.1, 0.15) is 54.0 Å². The fourth-order valence-electron chi connectivity index (χ4n) is 2.29. The van der Waals surface area contributed by atoms with Crippen LogP contribution in [-0.2, 0) is 5.41 Å². The minimum Gasteiger partial charge on any atom is -0.496 e. The lowest BCUT2D eigenvalue weighted by Crippen LogP contribution is -2.29. The normalized spacial score (nSPS) is 12.8. The number of carbonyl (C=O) groups excluding carboxylic acids is 1. The Balaban J connectivity index is 2.24. The molecule has 2 aromatic rings. The van der Waals surface area contributed by atoms with Gasteiger partial charge in [0, 0.05) is 18.0 Å². The highest BCUT2D eigenvalue weighted by Crippen LogP contribution is 2.31. The van der Waals surface area contributed by atoms with Crippen molar-refractivity contribution in [3.63, 3.8) is 0 Å². The van der Waals surface area contributed by atoms with Crippen molar-refractivity contribution in [2.75, 3.05) is 14.2 Å². The molecule has 0 fully saturated rings. The van der Waals surface area contributed by atoms with Crippen molar-refractivity contribution in [3.05, 3.63) is 45.9 Å². The first kappa shape index (κ1) is 17.5. The number of methoxy groups -OCH3 is 1. The van der Waals surface area contributed by atoms with E-state index < -0.39 is 0 Å². The maximum atomic E-state index is 12.8. The number of para-hydroxylation sites is 1. The molecule has 1 heterocycles. The summed E-state index contributed by atoms with van der Waals surface area (Å²) in [6.45, 7) is 8.30. The Hall–Kier alpha value is -1.88. The van der Waals surface area contributed by atoms with Gasteiger partial charge < -0.3 is 9.64 Å². The first-order valence-electron chi connectivity index (χ1n) is 7.62. The number of aromatic nitrogens is 1. The van der Waals surface area contributed by atoms with Crippen molar-refractivity contribution in [2.45, 2.75) is 39.2 Å². The molecule has 1 amide bonds. The predicted octanol–water partition coefficient (Wildman–Crippen LogP) is 4.28. The lowest BCUT2D eigenvalue weighted by Gasteiger charge is -2.26. The van der Waals surface area contributed by atoms with Gasteiger partial charge in [0.25, 0.3) is 5.91 Å². The van der Waals surface area contributed by atoms with Crippen LogP contribution >= 0.6 is 11.3 Å². The summed E-state index contributed by atoms with van der Waals surface area (Å²) in [6, 6.07) is 7.70. The predicted molar refractivity (Wildman–Crippen MR) is 94.3 cm³/mol. The Morgan fingerprint density at radius 2 is 1.96 bits per heavy atom. The molecule has 1 aromatic carbocycles. The minimum atomic E-state index is -0.0844. The molecule has 5 heteroatoms. The van der Waals surface area contributed by atoms with E-state index in [1.165, 1.54) is 11.3 Å². The molecular weight excluding hydrogens is 308 g/mol. The average Bonchev–Trinajstić information content (AvgIpc) is 3.02. The summed E-state index contributed by atoms with van der Waals surface area (Å²) in [5, 5.41) is 0.971. The van der Waals surface area contributed by atoms with Gasteiger partial charge in [-0.3, -0.25) is 4.79 Å². The van der Waals surface area contributed by atoms with E-state index in [1.54, 1.807) is 18.2 Å². The second-order valence-electron chi connectivity index (χ2n) is 6.61. The van der Waals surface area contributed by atoms with Gasteiger partial charge in [0.2, 0.25) is 0 Å². The van der Waals surface area contributed by atoms with E-state index in [0.717, 1.165) is 16.3 Å². The fraction of sp³-hybridized carbons (Fsp3) is 0.444. The maximum Gasteiger partial charge on any atom is 0.265 e. The molecule has 2 rings (SSSR count). The van der Waals surface area contributed by atoms with Gasteiger partial charge in [0.05, 0.1) is 24.4 Å². The minimum absolute atomic E-state index is 0.0172. The van der Waals surface area contributed by atoms with Gasteiger partial charge in [-0.25, -0.2) is 4.98 Å². The zero-order valence-corrected chi connectivity index (χ0v) is 15.4. The highest BCUT2D eigenvalue weighted by Gasteiger charge is 2.25. The number of hydrogen-bond acceptors (Lipinski definition) is 4. The molecule has 0 bridgehead atoms. The van der Waals surface area contributed by atoms with Gasteiger partial charge in [0.1, 0.15) is 10.6 Å². The summed E-state index contributed by atoms with van der Waals surface area (Å²) in [5.74, 6) is 0.774. The van der Waals surface area contributed by atoms with E-state index in [4.69, 9.17) is 4.74 Å². The first-order valence-corrected chi connectivity index (χ1v) is 8.43. The van der Waals surface area contributed by atoms with Crippen LogP contribution in [0.3, 0.4) is 0 Å². The Morgan fingerprint density at radius 1 is 1.30 bits per heavy atom. The molecule has 0 aliphatic heterocycles. The molecule has 1 atom stereocenters. The highest BCUT2D eigenvalue weighted by atomic mass is 32.1. The summed E-state index contributed by atoms with van der Waals surface area (Å²) in [6.07, 6.45) is 1.68.